The van der Waals surface area contributed by atoms with Crippen LogP contribution < -0.4 is 5.56 Å². The van der Waals surface area contributed by atoms with Crippen molar-refractivity contribution in [3.8, 4) is 5.69 Å². The first-order chi connectivity index (χ1) is 12.3. The lowest BCUT2D eigenvalue weighted by molar-refractivity contribution is -0.137. The van der Waals surface area contributed by atoms with Gasteiger partial charge in [-0.1, -0.05) is 6.07 Å². The van der Waals surface area contributed by atoms with Gasteiger partial charge in [0, 0.05) is 18.6 Å². The summed E-state index contributed by atoms with van der Waals surface area (Å²) < 4.78 is 42.6. The van der Waals surface area contributed by atoms with E-state index in [1.54, 1.807) is 36.9 Å². The van der Waals surface area contributed by atoms with E-state index >= 15 is 0 Å². The summed E-state index contributed by atoms with van der Waals surface area (Å²) in [6, 6.07) is 6.67. The van der Waals surface area contributed by atoms with Gasteiger partial charge in [0.25, 0.3) is 5.56 Å². The van der Waals surface area contributed by atoms with Crippen molar-refractivity contribution < 1.29 is 13.2 Å². The number of benzene rings is 1. The predicted octanol–water partition coefficient (Wildman–Crippen LogP) is 3.60. The van der Waals surface area contributed by atoms with Crippen LogP contribution in [0.2, 0.25) is 0 Å². The molecule has 132 valence electrons. The molecule has 4 rings (SSSR count). The van der Waals surface area contributed by atoms with Crippen LogP contribution in [0.3, 0.4) is 0 Å². The topological polar surface area (TPSA) is 52.7 Å². The molecular weight excluding hydrogens is 345 g/mol. The van der Waals surface area contributed by atoms with Crippen LogP contribution in [0.1, 0.15) is 11.3 Å². The van der Waals surface area contributed by atoms with Crippen molar-refractivity contribution in [1.29, 1.82) is 0 Å². The van der Waals surface area contributed by atoms with Gasteiger partial charge in [0.05, 0.1) is 34.3 Å². The SMILES string of the molecule is Cc1ncccc1-n1c(=O)c2ncn(C)c2c2ccc(C(F)(F)F)cc21. The predicted molar refractivity (Wildman–Crippen MR) is 91.4 cm³/mol. The molecule has 3 heterocycles. The van der Waals surface area contributed by atoms with E-state index in [0.717, 1.165) is 12.1 Å². The molecule has 0 saturated heterocycles. The number of alkyl halides is 3. The van der Waals surface area contributed by atoms with Crippen LogP contribution in [0.25, 0.3) is 27.6 Å². The maximum absolute atomic E-state index is 13.2. The van der Waals surface area contributed by atoms with Crippen molar-refractivity contribution in [1.82, 2.24) is 19.1 Å². The maximum Gasteiger partial charge on any atom is 0.416 e. The lowest BCUT2D eigenvalue weighted by Gasteiger charge is -2.15. The zero-order chi connectivity index (χ0) is 18.6. The highest BCUT2D eigenvalue weighted by atomic mass is 19.4. The number of fused-ring (bicyclic) bond motifs is 3. The highest BCUT2D eigenvalue weighted by molar-refractivity contribution is 6.03. The summed E-state index contributed by atoms with van der Waals surface area (Å²) >= 11 is 0. The summed E-state index contributed by atoms with van der Waals surface area (Å²) in [5.74, 6) is 0. The van der Waals surface area contributed by atoms with Gasteiger partial charge in [-0.25, -0.2) is 4.98 Å². The minimum absolute atomic E-state index is 0.164. The Hall–Kier alpha value is -3.16. The minimum atomic E-state index is -4.51. The maximum atomic E-state index is 13.2. The quantitative estimate of drug-likeness (QED) is 0.522. The largest absolute Gasteiger partial charge is 0.416 e. The number of hydrogen-bond donors (Lipinski definition) is 0. The number of pyridine rings is 2. The van der Waals surface area contributed by atoms with Gasteiger partial charge >= 0.3 is 6.18 Å². The van der Waals surface area contributed by atoms with Crippen LogP contribution >= 0.6 is 0 Å². The Morgan fingerprint density at radius 1 is 1.12 bits per heavy atom. The molecule has 0 amide bonds. The Kier molecular flexibility index (Phi) is 3.40. The van der Waals surface area contributed by atoms with E-state index in [0.29, 0.717) is 22.3 Å². The lowest BCUT2D eigenvalue weighted by Crippen LogP contribution is -2.21. The van der Waals surface area contributed by atoms with Crippen molar-refractivity contribution in [2.45, 2.75) is 13.1 Å². The van der Waals surface area contributed by atoms with Gasteiger partial charge in [-0.2, -0.15) is 13.2 Å². The first-order valence-electron chi connectivity index (χ1n) is 7.78. The monoisotopic (exact) mass is 358 g/mol. The molecule has 0 fully saturated rings. The molecule has 0 aliphatic carbocycles. The zero-order valence-electron chi connectivity index (χ0n) is 13.9. The molecule has 26 heavy (non-hydrogen) atoms. The summed E-state index contributed by atoms with van der Waals surface area (Å²) in [5.41, 5.74) is 0.513. The second-order valence-corrected chi connectivity index (χ2v) is 6.03. The van der Waals surface area contributed by atoms with Crippen LogP contribution in [-0.2, 0) is 13.2 Å². The second kappa shape index (κ2) is 5.42. The number of rotatable bonds is 1. The van der Waals surface area contributed by atoms with E-state index in [9.17, 15) is 18.0 Å². The third kappa shape index (κ3) is 2.29. The Morgan fingerprint density at radius 2 is 1.88 bits per heavy atom. The number of nitrogens with zero attached hydrogens (tertiary/aromatic N) is 4. The third-order valence-corrected chi connectivity index (χ3v) is 4.38. The van der Waals surface area contributed by atoms with Gasteiger partial charge in [0.2, 0.25) is 0 Å². The Morgan fingerprint density at radius 3 is 2.58 bits per heavy atom. The molecule has 4 aromatic rings. The normalized spacial score (nSPS) is 12.2. The number of imidazole rings is 1. The van der Waals surface area contributed by atoms with Gasteiger partial charge in [0.1, 0.15) is 0 Å². The fraction of sp³-hybridized carbons (Fsp3) is 0.167. The van der Waals surface area contributed by atoms with Crippen molar-refractivity contribution in [3.05, 3.63) is 64.5 Å². The molecule has 0 bridgehead atoms. The molecule has 5 nitrogen and oxygen atoms in total. The fourth-order valence-corrected chi connectivity index (χ4v) is 3.16. The molecule has 0 aliphatic rings. The van der Waals surface area contributed by atoms with Crippen molar-refractivity contribution >= 4 is 21.9 Å². The summed E-state index contributed by atoms with van der Waals surface area (Å²) in [4.78, 5) is 21.3. The van der Waals surface area contributed by atoms with Crippen LogP contribution in [0.15, 0.2) is 47.7 Å². The molecule has 1 aromatic carbocycles. The standard InChI is InChI=1S/C18H13F3N4O/c1-10-13(4-3-7-22-10)25-14-8-11(18(19,20)21)5-6-12(14)16-15(17(25)26)23-9-24(16)2/h3-9H,1-2H3. The number of aromatic nitrogens is 4. The van der Waals surface area contributed by atoms with Crippen LogP contribution in [0, 0.1) is 6.92 Å². The first-order valence-corrected chi connectivity index (χ1v) is 7.78. The van der Waals surface area contributed by atoms with E-state index < -0.39 is 17.3 Å². The number of aryl methyl sites for hydroxylation is 2. The molecule has 8 heteroatoms. The molecule has 0 N–H and O–H groups in total. The molecule has 0 radical (unpaired) electrons. The van der Waals surface area contributed by atoms with E-state index in [1.165, 1.54) is 17.0 Å². The van der Waals surface area contributed by atoms with E-state index in [-0.39, 0.29) is 11.0 Å². The number of halogens is 3. The minimum Gasteiger partial charge on any atom is -0.333 e. The molecular formula is C18H13F3N4O. The fourth-order valence-electron chi connectivity index (χ4n) is 3.16. The first kappa shape index (κ1) is 16.3. The average molecular weight is 358 g/mol. The van der Waals surface area contributed by atoms with E-state index in [2.05, 4.69) is 9.97 Å². The van der Waals surface area contributed by atoms with Crippen molar-refractivity contribution in [2.24, 2.45) is 7.05 Å². The highest BCUT2D eigenvalue weighted by Crippen LogP contribution is 2.33. The van der Waals surface area contributed by atoms with Gasteiger partial charge in [-0.3, -0.25) is 14.3 Å². The van der Waals surface area contributed by atoms with E-state index in [4.69, 9.17) is 0 Å². The summed E-state index contributed by atoms with van der Waals surface area (Å²) in [6.45, 7) is 1.70. The molecule has 0 spiro atoms. The molecule has 0 aliphatic heterocycles. The Balaban J connectivity index is 2.26. The van der Waals surface area contributed by atoms with Crippen LogP contribution in [0.4, 0.5) is 13.2 Å². The van der Waals surface area contributed by atoms with Crippen molar-refractivity contribution in [2.75, 3.05) is 0 Å². The van der Waals surface area contributed by atoms with Crippen molar-refractivity contribution in [3.63, 3.8) is 0 Å². The second-order valence-electron chi connectivity index (χ2n) is 6.03. The molecule has 0 saturated carbocycles. The van der Waals surface area contributed by atoms with Crippen LogP contribution in [0.5, 0.6) is 0 Å². The van der Waals surface area contributed by atoms with Crippen LogP contribution in [-0.4, -0.2) is 19.1 Å². The van der Waals surface area contributed by atoms with Gasteiger partial charge in [-0.15, -0.1) is 0 Å². The Bertz CT molecular complexity index is 1220. The highest BCUT2D eigenvalue weighted by Gasteiger charge is 2.31. The molecule has 0 atom stereocenters. The zero-order valence-corrected chi connectivity index (χ0v) is 13.9. The third-order valence-electron chi connectivity index (χ3n) is 4.38. The van der Waals surface area contributed by atoms with E-state index in [1.807, 2.05) is 0 Å². The molecule has 3 aromatic heterocycles. The number of hydrogen-bond acceptors (Lipinski definition) is 3. The smallest absolute Gasteiger partial charge is 0.333 e. The summed E-state index contributed by atoms with van der Waals surface area (Å²) in [6.07, 6.45) is -1.48. The van der Waals surface area contributed by atoms with Gasteiger partial charge in [0.15, 0.2) is 5.52 Å². The Labute approximate surface area is 145 Å². The van der Waals surface area contributed by atoms with Gasteiger partial charge in [-0.05, 0) is 31.2 Å². The summed E-state index contributed by atoms with van der Waals surface area (Å²) in [7, 11) is 1.70. The molecule has 0 unspecified atom stereocenters. The lowest BCUT2D eigenvalue weighted by atomic mass is 10.1. The summed E-state index contributed by atoms with van der Waals surface area (Å²) in [5, 5.41) is 0.510. The average Bonchev–Trinajstić information content (AvgIpc) is 2.98. The van der Waals surface area contributed by atoms with Gasteiger partial charge < -0.3 is 4.57 Å².